The van der Waals surface area contributed by atoms with Crippen LogP contribution in [0.5, 0.6) is 0 Å². The zero-order chi connectivity index (χ0) is 32.7. The minimum Gasteiger partial charge on any atom is -0.357 e. The molecule has 1 aliphatic heterocycles. The second-order valence-corrected chi connectivity index (χ2v) is 11.4. The first-order chi connectivity index (χ1) is 21.4. The van der Waals surface area contributed by atoms with Crippen molar-refractivity contribution < 1.29 is 18.0 Å². The molecular weight excluding hydrogens is 581 g/mol. The van der Waals surface area contributed by atoms with Gasteiger partial charge in [0, 0.05) is 70.0 Å². The monoisotopic (exact) mass is 624 g/mol. The third kappa shape index (κ3) is 8.58. The molecule has 0 radical (unpaired) electrons. The molecule has 3 heterocycles. The van der Waals surface area contributed by atoms with Crippen LogP contribution in [-0.2, 0) is 37.4 Å². The maximum absolute atomic E-state index is 14.0. The Balaban J connectivity index is 0.00000148. The number of aromatic nitrogens is 4. The number of benzene rings is 2. The Morgan fingerprint density at radius 1 is 0.978 bits per heavy atom. The molecule has 1 amide bonds. The summed E-state index contributed by atoms with van der Waals surface area (Å²) in [6, 6.07) is 9.96. The molecule has 4 aromatic rings. The minimum absolute atomic E-state index is 0.204. The number of halogens is 3. The van der Waals surface area contributed by atoms with E-state index in [0.717, 1.165) is 53.3 Å². The maximum Gasteiger partial charge on any atom is 0.416 e. The number of carbonyl (C=O) groups is 1. The third-order valence-electron chi connectivity index (χ3n) is 7.64. The van der Waals surface area contributed by atoms with Gasteiger partial charge in [0.1, 0.15) is 0 Å². The number of nitrogens with one attached hydrogen (secondary N) is 2. The van der Waals surface area contributed by atoms with E-state index in [-0.39, 0.29) is 18.5 Å². The molecule has 1 aliphatic rings. The van der Waals surface area contributed by atoms with Crippen LogP contribution in [0.15, 0.2) is 42.6 Å². The molecule has 45 heavy (non-hydrogen) atoms. The standard InChI is InChI=1S/C30H35F3N8O.C3H8/c1-5-20-14-22(15-23-17-35-29(34-2)37-28(20)23)25-16-26(38-40(25)4)36-27(42)13-19-6-7-21(24(12-19)30(31,32)33)18-41-10-8-39(3)9-11-41;1-3-2/h6-7,12,14-17H,5,8-11,13,18H2,1-4H3,(H,34,35,37)(H,36,38,42);3H2,1-2H3. The van der Waals surface area contributed by atoms with Crippen LogP contribution in [0.25, 0.3) is 22.2 Å². The van der Waals surface area contributed by atoms with Gasteiger partial charge in [0.05, 0.1) is 23.2 Å². The summed E-state index contributed by atoms with van der Waals surface area (Å²) in [5, 5.41) is 11.0. The van der Waals surface area contributed by atoms with E-state index < -0.39 is 17.6 Å². The SMILES string of the molecule is CCC.CCc1cc(-c2cc(NC(=O)Cc3ccc(CN4CCN(C)CC4)c(C(F)(F)F)c3)nn2C)cc2cnc(NC)nc12. The van der Waals surface area contributed by atoms with Gasteiger partial charge in [0.2, 0.25) is 11.9 Å². The van der Waals surface area contributed by atoms with Crippen LogP contribution < -0.4 is 10.6 Å². The number of amides is 1. The van der Waals surface area contributed by atoms with E-state index >= 15 is 0 Å². The third-order valence-corrected chi connectivity index (χ3v) is 7.64. The average Bonchev–Trinajstić information content (AvgIpc) is 3.37. The molecule has 5 rings (SSSR count). The van der Waals surface area contributed by atoms with Crippen LogP contribution in [0.1, 0.15) is 49.4 Å². The number of aryl methyl sites for hydroxylation is 2. The smallest absolute Gasteiger partial charge is 0.357 e. The van der Waals surface area contributed by atoms with Crippen molar-refractivity contribution in [1.29, 1.82) is 0 Å². The second-order valence-electron chi connectivity index (χ2n) is 11.4. The van der Waals surface area contributed by atoms with Crippen molar-refractivity contribution in [3.8, 4) is 11.3 Å². The number of anilines is 2. The molecule has 1 saturated heterocycles. The summed E-state index contributed by atoms with van der Waals surface area (Å²) in [5.74, 6) is 0.419. The van der Waals surface area contributed by atoms with Crippen molar-refractivity contribution in [3.63, 3.8) is 0 Å². The molecule has 2 aromatic carbocycles. The summed E-state index contributed by atoms with van der Waals surface area (Å²) in [4.78, 5) is 26.0. The normalized spacial score (nSPS) is 14.2. The first kappa shape index (κ1) is 33.9. The summed E-state index contributed by atoms with van der Waals surface area (Å²) in [6.07, 6.45) is -0.937. The van der Waals surface area contributed by atoms with Gasteiger partial charge in [-0.05, 0) is 48.4 Å². The van der Waals surface area contributed by atoms with Crippen molar-refractivity contribution in [2.75, 3.05) is 50.9 Å². The van der Waals surface area contributed by atoms with E-state index in [2.05, 4.69) is 51.4 Å². The van der Waals surface area contributed by atoms with E-state index in [0.29, 0.717) is 30.4 Å². The fourth-order valence-corrected chi connectivity index (χ4v) is 5.31. The summed E-state index contributed by atoms with van der Waals surface area (Å²) < 4.78 is 43.6. The van der Waals surface area contributed by atoms with E-state index in [1.54, 1.807) is 37.1 Å². The number of carbonyl (C=O) groups excluding carboxylic acids is 1. The highest BCUT2D eigenvalue weighted by Crippen LogP contribution is 2.34. The number of alkyl halides is 3. The highest BCUT2D eigenvalue weighted by atomic mass is 19.4. The van der Waals surface area contributed by atoms with Crippen LogP contribution >= 0.6 is 0 Å². The van der Waals surface area contributed by atoms with Gasteiger partial charge in [-0.3, -0.25) is 14.4 Å². The number of nitrogens with zero attached hydrogens (tertiary/aromatic N) is 6. The van der Waals surface area contributed by atoms with Gasteiger partial charge in [-0.1, -0.05) is 39.3 Å². The predicted octanol–water partition coefficient (Wildman–Crippen LogP) is 6.00. The van der Waals surface area contributed by atoms with Gasteiger partial charge >= 0.3 is 6.18 Å². The van der Waals surface area contributed by atoms with Crippen molar-refractivity contribution in [1.82, 2.24) is 29.5 Å². The van der Waals surface area contributed by atoms with Crippen molar-refractivity contribution in [3.05, 3.63) is 64.8 Å². The first-order valence-electron chi connectivity index (χ1n) is 15.4. The zero-order valence-corrected chi connectivity index (χ0v) is 26.9. The lowest BCUT2D eigenvalue weighted by Gasteiger charge is -2.33. The van der Waals surface area contributed by atoms with Crippen LogP contribution in [0.4, 0.5) is 24.9 Å². The van der Waals surface area contributed by atoms with Crippen LogP contribution in [-0.4, -0.2) is 75.7 Å². The molecule has 2 aromatic heterocycles. The minimum atomic E-state index is -4.51. The number of rotatable bonds is 8. The molecule has 242 valence electrons. The Bertz CT molecular complexity index is 1610. The summed E-state index contributed by atoms with van der Waals surface area (Å²) in [5.41, 5.74) is 3.39. The van der Waals surface area contributed by atoms with Gasteiger partial charge in [0.15, 0.2) is 5.82 Å². The van der Waals surface area contributed by atoms with Crippen LogP contribution in [0.3, 0.4) is 0 Å². The second kappa shape index (κ2) is 14.8. The summed E-state index contributed by atoms with van der Waals surface area (Å²) in [6.45, 7) is 9.60. The van der Waals surface area contributed by atoms with Gasteiger partial charge < -0.3 is 15.5 Å². The van der Waals surface area contributed by atoms with Crippen LogP contribution in [0, 0.1) is 0 Å². The van der Waals surface area contributed by atoms with Gasteiger partial charge in [-0.15, -0.1) is 0 Å². The Labute approximate surface area is 262 Å². The fraction of sp³-hybridized carbons (Fsp3) is 0.455. The Morgan fingerprint density at radius 3 is 2.33 bits per heavy atom. The molecule has 0 unspecified atom stereocenters. The van der Waals surface area contributed by atoms with Crippen molar-refractivity contribution in [2.24, 2.45) is 7.05 Å². The van der Waals surface area contributed by atoms with Gasteiger partial charge in [-0.25, -0.2) is 9.97 Å². The van der Waals surface area contributed by atoms with Gasteiger partial charge in [0.25, 0.3) is 0 Å². The van der Waals surface area contributed by atoms with Crippen molar-refractivity contribution >= 4 is 28.6 Å². The molecule has 0 bridgehead atoms. The number of hydrogen-bond acceptors (Lipinski definition) is 7. The molecule has 1 fully saturated rings. The Morgan fingerprint density at radius 2 is 1.69 bits per heavy atom. The Kier molecular flexibility index (Phi) is 11.2. The highest BCUT2D eigenvalue weighted by molar-refractivity contribution is 5.92. The lowest BCUT2D eigenvalue weighted by Crippen LogP contribution is -2.44. The zero-order valence-electron chi connectivity index (χ0n) is 26.9. The van der Waals surface area contributed by atoms with Crippen molar-refractivity contribution in [2.45, 2.75) is 52.8 Å². The average molecular weight is 625 g/mol. The summed E-state index contributed by atoms with van der Waals surface area (Å²) in [7, 11) is 5.55. The summed E-state index contributed by atoms with van der Waals surface area (Å²) >= 11 is 0. The molecule has 2 N–H and O–H groups in total. The lowest BCUT2D eigenvalue weighted by molar-refractivity contribution is -0.138. The van der Waals surface area contributed by atoms with E-state index in [1.165, 1.54) is 12.5 Å². The highest BCUT2D eigenvalue weighted by Gasteiger charge is 2.34. The quantitative estimate of drug-likeness (QED) is 0.249. The molecular formula is C33H43F3N8O. The predicted molar refractivity (Wildman–Crippen MR) is 173 cm³/mol. The fourth-order valence-electron chi connectivity index (χ4n) is 5.31. The van der Waals surface area contributed by atoms with Crippen LogP contribution in [0.2, 0.25) is 0 Å². The molecule has 0 saturated carbocycles. The van der Waals surface area contributed by atoms with E-state index in [9.17, 15) is 18.0 Å². The molecule has 0 aliphatic carbocycles. The van der Waals surface area contributed by atoms with Gasteiger partial charge in [-0.2, -0.15) is 18.3 Å². The molecule has 0 spiro atoms. The maximum atomic E-state index is 14.0. The largest absolute Gasteiger partial charge is 0.416 e. The lowest BCUT2D eigenvalue weighted by atomic mass is 10.0. The molecule has 0 atom stereocenters. The first-order valence-corrected chi connectivity index (χ1v) is 15.4. The number of hydrogen-bond donors (Lipinski definition) is 2. The number of fused-ring (bicyclic) bond motifs is 1. The molecule has 9 nitrogen and oxygen atoms in total. The number of likely N-dealkylation sites (N-methyl/N-ethyl adjacent to an activating group) is 1. The van der Waals surface area contributed by atoms with E-state index in [1.807, 2.05) is 24.1 Å². The molecule has 12 heteroatoms. The number of piperazine rings is 1. The topological polar surface area (TPSA) is 91.2 Å². The Hall–Kier alpha value is -4.03. The van der Waals surface area contributed by atoms with E-state index in [4.69, 9.17) is 0 Å².